The van der Waals surface area contributed by atoms with Crippen LogP contribution in [0.15, 0.2) is 5.11 Å². The molecule has 6 nitrogen and oxygen atoms in total. The third kappa shape index (κ3) is 6.16. The van der Waals surface area contributed by atoms with Crippen LogP contribution in [0.5, 0.6) is 0 Å². The number of rotatable bonds is 9. The molecular weight excluding hydrogens is 250 g/mol. The minimum absolute atomic E-state index is 0.486. The molecule has 0 saturated heterocycles. The van der Waals surface area contributed by atoms with Gasteiger partial charge in [-0.2, -0.15) is 0 Å². The van der Waals surface area contributed by atoms with Crippen molar-refractivity contribution in [3.05, 3.63) is 10.4 Å². The lowest BCUT2D eigenvalue weighted by molar-refractivity contribution is -0.125. The average molecular weight is 273 g/mol. The fraction of sp³-hybridized carbons (Fsp3) is 0.909. The third-order valence-electron chi connectivity index (χ3n) is 2.50. The third-order valence-corrected chi connectivity index (χ3v) is 5.50. The van der Waals surface area contributed by atoms with Crippen molar-refractivity contribution in [2.75, 3.05) is 6.61 Å². The number of hydrogen-bond acceptors (Lipinski definition) is 3. The zero-order chi connectivity index (χ0) is 14.0. The van der Waals surface area contributed by atoms with Gasteiger partial charge < -0.3 is 8.85 Å². The van der Waals surface area contributed by atoms with Gasteiger partial charge in [0.05, 0.1) is 0 Å². The van der Waals surface area contributed by atoms with Gasteiger partial charge in [-0.3, -0.25) is 4.79 Å². The second kappa shape index (κ2) is 9.10. The largest absolute Gasteiger partial charge is 0.394 e. The van der Waals surface area contributed by atoms with Crippen molar-refractivity contribution < 1.29 is 13.6 Å². The van der Waals surface area contributed by atoms with Gasteiger partial charge in [-0.05, 0) is 36.1 Å². The van der Waals surface area contributed by atoms with E-state index in [9.17, 15) is 4.79 Å². The molecule has 0 N–H and O–H groups in total. The van der Waals surface area contributed by atoms with E-state index in [2.05, 4.69) is 16.9 Å². The number of hydrogen-bond donors (Lipinski definition) is 0. The second-order valence-corrected chi connectivity index (χ2v) is 7.57. The van der Waals surface area contributed by atoms with Crippen LogP contribution in [0.2, 0.25) is 12.6 Å². The normalized spacial score (nSPS) is 15.6. The first-order valence-corrected chi connectivity index (χ1v) is 8.96. The Bertz CT molecular complexity index is 308. The first-order chi connectivity index (χ1) is 8.52. The van der Waals surface area contributed by atoms with Crippen LogP contribution in [0, 0.1) is 0 Å². The van der Waals surface area contributed by atoms with Crippen molar-refractivity contribution in [2.24, 2.45) is 5.11 Å². The predicted molar refractivity (Wildman–Crippen MR) is 72.3 cm³/mol. The van der Waals surface area contributed by atoms with E-state index < -0.39 is 20.6 Å². The molecule has 0 heterocycles. The molecule has 0 aromatic rings. The zero-order valence-corrected chi connectivity index (χ0v) is 12.7. The molecule has 7 heteroatoms. The van der Waals surface area contributed by atoms with Gasteiger partial charge in [0.2, 0.25) is 5.91 Å². The summed E-state index contributed by atoms with van der Waals surface area (Å²) in [5, 5.41) is 3.10. The van der Waals surface area contributed by atoms with E-state index >= 15 is 0 Å². The molecular formula is C11H23N3O3Si. The fourth-order valence-electron chi connectivity index (χ4n) is 1.65. The van der Waals surface area contributed by atoms with Gasteiger partial charge in [-0.15, -0.1) is 0 Å². The van der Waals surface area contributed by atoms with Crippen molar-refractivity contribution in [1.29, 1.82) is 0 Å². The maximum atomic E-state index is 11.6. The molecule has 1 amide bonds. The van der Waals surface area contributed by atoms with Crippen LogP contribution in [0.3, 0.4) is 0 Å². The molecule has 0 aliphatic heterocycles. The van der Waals surface area contributed by atoms with E-state index in [0.29, 0.717) is 13.0 Å². The molecule has 0 aromatic carbocycles. The molecule has 0 spiro atoms. The van der Waals surface area contributed by atoms with Crippen LogP contribution in [0.25, 0.3) is 10.4 Å². The summed E-state index contributed by atoms with van der Waals surface area (Å²) in [6, 6.07) is 0.826. The first-order valence-electron chi connectivity index (χ1n) is 6.43. The summed E-state index contributed by atoms with van der Waals surface area (Å²) in [5.74, 6) is -0.560. The number of azide groups is 1. The number of carbonyl (C=O) groups excluding carboxylic acids is 1. The van der Waals surface area contributed by atoms with Gasteiger partial charge in [0.1, 0.15) is 6.10 Å². The van der Waals surface area contributed by atoms with Crippen LogP contribution in [0.1, 0.15) is 40.0 Å². The highest BCUT2D eigenvalue weighted by Gasteiger charge is 2.35. The molecule has 0 bridgehead atoms. The summed E-state index contributed by atoms with van der Waals surface area (Å²) in [5.41, 5.74) is 8.29. The Morgan fingerprint density at radius 1 is 1.39 bits per heavy atom. The maximum absolute atomic E-state index is 11.6. The highest BCUT2D eigenvalue weighted by atomic mass is 28.4. The average Bonchev–Trinajstić information content (AvgIpc) is 2.34. The standard InChI is InChI=1S/C11H23N3O3Si/c1-5-8-16-18(4,9-6-2)17-10(7-3)11(15)13-14-12/h10H,5-9H2,1-4H3. The lowest BCUT2D eigenvalue weighted by Gasteiger charge is -2.30. The number of nitrogens with zero attached hydrogens (tertiary/aromatic N) is 3. The molecule has 0 fully saturated rings. The summed E-state index contributed by atoms with van der Waals surface area (Å²) in [4.78, 5) is 14.1. The Morgan fingerprint density at radius 2 is 2.06 bits per heavy atom. The minimum Gasteiger partial charge on any atom is -0.394 e. The molecule has 0 radical (unpaired) electrons. The van der Waals surface area contributed by atoms with Crippen LogP contribution in [0.4, 0.5) is 0 Å². The van der Waals surface area contributed by atoms with Crippen molar-refractivity contribution in [2.45, 2.75) is 58.7 Å². The summed E-state index contributed by atoms with van der Waals surface area (Å²) >= 11 is 0. The van der Waals surface area contributed by atoms with Gasteiger partial charge >= 0.3 is 8.56 Å². The number of amides is 1. The summed E-state index contributed by atoms with van der Waals surface area (Å²) < 4.78 is 11.7. The van der Waals surface area contributed by atoms with Crippen LogP contribution in [-0.2, 0) is 13.6 Å². The molecule has 2 unspecified atom stereocenters. The monoisotopic (exact) mass is 273 g/mol. The SMILES string of the molecule is CCCO[Si](C)(CCC)OC(CC)C(=O)N=[N+]=[N-]. The first kappa shape index (κ1) is 17.1. The lowest BCUT2D eigenvalue weighted by atomic mass is 10.3. The fourth-order valence-corrected chi connectivity index (χ4v) is 4.40. The van der Waals surface area contributed by atoms with Crippen LogP contribution < -0.4 is 0 Å². The van der Waals surface area contributed by atoms with E-state index in [1.165, 1.54) is 0 Å². The highest BCUT2D eigenvalue weighted by molar-refractivity contribution is 6.66. The van der Waals surface area contributed by atoms with Gasteiger partial charge in [0.25, 0.3) is 0 Å². The Morgan fingerprint density at radius 3 is 2.50 bits per heavy atom. The van der Waals surface area contributed by atoms with Crippen molar-refractivity contribution in [3.63, 3.8) is 0 Å². The molecule has 0 saturated carbocycles. The van der Waals surface area contributed by atoms with Gasteiger partial charge in [-0.1, -0.05) is 27.2 Å². The molecule has 0 rings (SSSR count). The zero-order valence-electron chi connectivity index (χ0n) is 11.7. The molecule has 104 valence electrons. The summed E-state index contributed by atoms with van der Waals surface area (Å²) in [7, 11) is -2.35. The van der Waals surface area contributed by atoms with Crippen molar-refractivity contribution >= 4 is 14.5 Å². The predicted octanol–water partition coefficient (Wildman–Crippen LogP) is 3.53. The Labute approximate surface area is 110 Å². The van der Waals surface area contributed by atoms with Crippen molar-refractivity contribution in [3.8, 4) is 0 Å². The molecule has 0 aliphatic rings. The highest BCUT2D eigenvalue weighted by Crippen LogP contribution is 2.20. The second-order valence-electron chi connectivity index (χ2n) is 4.27. The topological polar surface area (TPSA) is 84.3 Å². The number of carbonyl (C=O) groups is 1. The van der Waals surface area contributed by atoms with Gasteiger partial charge in [0, 0.05) is 11.5 Å². The molecule has 2 atom stereocenters. The minimum atomic E-state index is -2.35. The summed E-state index contributed by atoms with van der Waals surface area (Å²) in [6.45, 7) is 8.51. The lowest BCUT2D eigenvalue weighted by Crippen LogP contribution is -2.44. The molecule has 0 aromatic heterocycles. The molecule has 0 aliphatic carbocycles. The van der Waals surface area contributed by atoms with E-state index in [1.54, 1.807) is 0 Å². The Kier molecular flexibility index (Phi) is 8.65. The van der Waals surface area contributed by atoms with E-state index in [4.69, 9.17) is 14.4 Å². The van der Waals surface area contributed by atoms with Crippen molar-refractivity contribution in [1.82, 2.24) is 0 Å². The van der Waals surface area contributed by atoms with Gasteiger partial charge in [-0.25, -0.2) is 0 Å². The van der Waals surface area contributed by atoms with E-state index in [-0.39, 0.29) is 0 Å². The van der Waals surface area contributed by atoms with Gasteiger partial charge in [0.15, 0.2) is 0 Å². The smallest absolute Gasteiger partial charge is 0.335 e. The Hall–Kier alpha value is -0.883. The van der Waals surface area contributed by atoms with Crippen LogP contribution in [-0.4, -0.2) is 27.2 Å². The quantitative estimate of drug-likeness (QED) is 0.279. The van der Waals surface area contributed by atoms with E-state index in [1.807, 2.05) is 20.4 Å². The maximum Gasteiger partial charge on any atom is 0.335 e. The van der Waals surface area contributed by atoms with E-state index in [0.717, 1.165) is 18.9 Å². The molecule has 18 heavy (non-hydrogen) atoms. The van der Waals surface area contributed by atoms with Crippen LogP contribution >= 0.6 is 0 Å². The Balaban J connectivity index is 4.70. The summed E-state index contributed by atoms with van der Waals surface area (Å²) in [6.07, 6.45) is 1.66.